The monoisotopic (exact) mass is 201 g/mol. The number of hydrogen-bond acceptors (Lipinski definition) is 4. The van der Waals surface area contributed by atoms with Crippen molar-refractivity contribution in [1.29, 1.82) is 0 Å². The zero-order valence-electron chi connectivity index (χ0n) is 6.49. The Kier molecular flexibility index (Phi) is 2.81. The van der Waals surface area contributed by atoms with Crippen molar-refractivity contribution in [1.82, 2.24) is 5.32 Å². The van der Waals surface area contributed by atoms with E-state index >= 15 is 0 Å². The van der Waals surface area contributed by atoms with E-state index in [2.05, 4.69) is 0 Å². The molecule has 7 heteroatoms. The summed E-state index contributed by atoms with van der Waals surface area (Å²) in [6.45, 7) is -0.648. The summed E-state index contributed by atoms with van der Waals surface area (Å²) in [5, 5.41) is 28.4. The maximum atomic E-state index is 12.1. The Labute approximate surface area is 72.0 Å². The summed E-state index contributed by atoms with van der Waals surface area (Å²) in [6.07, 6.45) is -8.13. The molecule has 0 aliphatic carbocycles. The van der Waals surface area contributed by atoms with Gasteiger partial charge in [-0.25, -0.2) is 0 Å². The fourth-order valence-corrected chi connectivity index (χ4v) is 1.31. The third-order valence-corrected chi connectivity index (χ3v) is 2.05. The van der Waals surface area contributed by atoms with Gasteiger partial charge in [0.15, 0.2) is 0 Å². The van der Waals surface area contributed by atoms with Crippen LogP contribution in [0, 0.1) is 0 Å². The van der Waals surface area contributed by atoms with Crippen molar-refractivity contribution in [2.45, 2.75) is 30.5 Å². The van der Waals surface area contributed by atoms with Crippen LogP contribution in [0.25, 0.3) is 0 Å². The van der Waals surface area contributed by atoms with E-state index in [1.54, 1.807) is 0 Å². The molecule has 1 fully saturated rings. The highest BCUT2D eigenvalue weighted by atomic mass is 19.4. The van der Waals surface area contributed by atoms with Gasteiger partial charge in [0, 0.05) is 0 Å². The maximum Gasteiger partial charge on any atom is 0.406 e. The number of hydrogen-bond donors (Lipinski definition) is 4. The molecule has 1 rings (SSSR count). The minimum Gasteiger partial charge on any atom is -0.395 e. The van der Waals surface area contributed by atoms with Gasteiger partial charge in [-0.15, -0.1) is 0 Å². The Morgan fingerprint density at radius 2 is 1.69 bits per heavy atom. The van der Waals surface area contributed by atoms with Crippen molar-refractivity contribution in [3.05, 3.63) is 0 Å². The number of nitrogens with one attached hydrogen (secondary N) is 1. The fourth-order valence-electron chi connectivity index (χ4n) is 1.31. The molecule has 4 nitrogen and oxygen atoms in total. The van der Waals surface area contributed by atoms with Crippen molar-refractivity contribution in [2.24, 2.45) is 0 Å². The lowest BCUT2D eigenvalue weighted by molar-refractivity contribution is -0.174. The third kappa shape index (κ3) is 1.93. The molecule has 1 aliphatic heterocycles. The quantitative estimate of drug-likeness (QED) is 0.421. The highest BCUT2D eigenvalue weighted by molar-refractivity contribution is 5.00. The van der Waals surface area contributed by atoms with Gasteiger partial charge in [-0.05, 0) is 0 Å². The van der Waals surface area contributed by atoms with Gasteiger partial charge in [-0.1, -0.05) is 0 Å². The highest BCUT2D eigenvalue weighted by Crippen LogP contribution is 2.29. The third-order valence-electron chi connectivity index (χ3n) is 2.05. The molecule has 1 aliphatic rings. The first-order valence-corrected chi connectivity index (χ1v) is 3.67. The van der Waals surface area contributed by atoms with E-state index in [9.17, 15) is 13.2 Å². The molecule has 0 radical (unpaired) electrons. The number of halogens is 3. The highest BCUT2D eigenvalue weighted by Gasteiger charge is 2.53. The van der Waals surface area contributed by atoms with Crippen LogP contribution in [0.15, 0.2) is 0 Å². The summed E-state index contributed by atoms with van der Waals surface area (Å²) in [7, 11) is 0. The van der Waals surface area contributed by atoms with Gasteiger partial charge in [0.1, 0.15) is 12.1 Å². The van der Waals surface area contributed by atoms with E-state index < -0.39 is 37.1 Å². The van der Waals surface area contributed by atoms with Gasteiger partial charge in [0.2, 0.25) is 0 Å². The predicted molar refractivity (Wildman–Crippen MR) is 35.9 cm³/mol. The van der Waals surface area contributed by atoms with Gasteiger partial charge in [-0.2, -0.15) is 13.2 Å². The predicted octanol–water partition coefficient (Wildman–Crippen LogP) is -1.40. The molecule has 4 N–H and O–H groups in total. The smallest absolute Gasteiger partial charge is 0.395 e. The van der Waals surface area contributed by atoms with Crippen LogP contribution < -0.4 is 5.32 Å². The Balaban J connectivity index is 2.71. The first kappa shape index (κ1) is 10.7. The lowest BCUT2D eigenvalue weighted by Crippen LogP contribution is -2.46. The van der Waals surface area contributed by atoms with Crippen LogP contribution in [-0.2, 0) is 0 Å². The van der Waals surface area contributed by atoms with Crippen LogP contribution in [0.2, 0.25) is 0 Å². The largest absolute Gasteiger partial charge is 0.406 e. The molecule has 0 aromatic heterocycles. The van der Waals surface area contributed by atoms with Crippen LogP contribution in [0.5, 0.6) is 0 Å². The average molecular weight is 201 g/mol. The molecule has 0 amide bonds. The van der Waals surface area contributed by atoms with Crippen molar-refractivity contribution < 1.29 is 28.5 Å². The lowest BCUT2D eigenvalue weighted by Gasteiger charge is -2.18. The van der Waals surface area contributed by atoms with Crippen molar-refractivity contribution in [3.63, 3.8) is 0 Å². The Morgan fingerprint density at radius 1 is 1.15 bits per heavy atom. The second-order valence-electron chi connectivity index (χ2n) is 2.96. The fraction of sp³-hybridized carbons (Fsp3) is 1.00. The SMILES string of the molecule is OC[C@@H]1N[C@H](C(F)(F)F)[C@@H](O)[C@@H]1O. The average Bonchev–Trinajstić information content (AvgIpc) is 2.28. The van der Waals surface area contributed by atoms with Crippen LogP contribution in [0.4, 0.5) is 13.2 Å². The lowest BCUT2D eigenvalue weighted by atomic mass is 10.1. The summed E-state index contributed by atoms with van der Waals surface area (Å²) in [5.41, 5.74) is 0. The minimum absolute atomic E-state index is 0.648. The maximum absolute atomic E-state index is 12.1. The molecule has 4 atom stereocenters. The van der Waals surface area contributed by atoms with Gasteiger partial charge >= 0.3 is 6.18 Å². The summed E-state index contributed by atoms with van der Waals surface area (Å²) in [6, 6.07) is -3.29. The molecule has 0 aromatic rings. The summed E-state index contributed by atoms with van der Waals surface area (Å²) in [4.78, 5) is 0. The number of rotatable bonds is 1. The van der Waals surface area contributed by atoms with Gasteiger partial charge in [-0.3, -0.25) is 5.32 Å². The molecule has 0 unspecified atom stereocenters. The standard InChI is InChI=1S/C6H10F3NO3/c7-6(8,9)5-4(13)3(12)2(1-11)10-5/h2-5,10-13H,1H2/t2-,3+,4-,5-/m0/s1. The second-order valence-corrected chi connectivity index (χ2v) is 2.96. The number of alkyl halides is 3. The molecule has 1 saturated heterocycles. The Morgan fingerprint density at radius 3 is 1.92 bits per heavy atom. The van der Waals surface area contributed by atoms with Crippen LogP contribution in [-0.4, -0.2) is 52.4 Å². The van der Waals surface area contributed by atoms with E-state index in [1.165, 1.54) is 0 Å². The summed E-state index contributed by atoms with van der Waals surface area (Å²) < 4.78 is 36.2. The van der Waals surface area contributed by atoms with E-state index in [-0.39, 0.29) is 0 Å². The van der Waals surface area contributed by atoms with E-state index in [1.807, 2.05) is 5.32 Å². The molecule has 78 valence electrons. The van der Waals surface area contributed by atoms with Gasteiger partial charge < -0.3 is 15.3 Å². The first-order valence-electron chi connectivity index (χ1n) is 3.67. The van der Waals surface area contributed by atoms with Crippen molar-refractivity contribution in [2.75, 3.05) is 6.61 Å². The van der Waals surface area contributed by atoms with Gasteiger partial charge in [0.25, 0.3) is 0 Å². The topological polar surface area (TPSA) is 72.7 Å². The molecule has 0 spiro atoms. The molecular weight excluding hydrogens is 191 g/mol. The minimum atomic E-state index is -4.62. The number of aliphatic hydroxyl groups excluding tert-OH is 3. The summed E-state index contributed by atoms with van der Waals surface area (Å²) in [5.74, 6) is 0. The van der Waals surface area contributed by atoms with Gasteiger partial charge in [0.05, 0.1) is 18.8 Å². The molecule has 1 heterocycles. The van der Waals surface area contributed by atoms with Crippen molar-refractivity contribution in [3.8, 4) is 0 Å². The molecule has 0 saturated carbocycles. The van der Waals surface area contributed by atoms with E-state index in [0.717, 1.165) is 0 Å². The zero-order valence-corrected chi connectivity index (χ0v) is 6.49. The number of aliphatic hydroxyl groups is 3. The normalized spacial score (nSPS) is 41.1. The molecule has 13 heavy (non-hydrogen) atoms. The molecular formula is C6H10F3NO3. The van der Waals surface area contributed by atoms with E-state index in [4.69, 9.17) is 15.3 Å². The summed E-state index contributed by atoms with van der Waals surface area (Å²) >= 11 is 0. The Hall–Kier alpha value is -0.370. The second kappa shape index (κ2) is 3.41. The molecule has 0 bridgehead atoms. The first-order chi connectivity index (χ1) is 5.88. The van der Waals surface area contributed by atoms with Crippen molar-refractivity contribution >= 4 is 0 Å². The molecule has 0 aromatic carbocycles. The van der Waals surface area contributed by atoms with E-state index in [0.29, 0.717) is 0 Å². The zero-order chi connectivity index (χ0) is 10.2. The van der Waals surface area contributed by atoms with Crippen LogP contribution in [0.1, 0.15) is 0 Å². The Bertz CT molecular complexity index is 186. The van der Waals surface area contributed by atoms with Crippen LogP contribution in [0.3, 0.4) is 0 Å². The van der Waals surface area contributed by atoms with Crippen LogP contribution >= 0.6 is 0 Å².